The van der Waals surface area contributed by atoms with Gasteiger partial charge in [-0.2, -0.15) is 5.10 Å². The number of oxime groups is 1. The van der Waals surface area contributed by atoms with Crippen LogP contribution in [0, 0.1) is 0 Å². The summed E-state index contributed by atoms with van der Waals surface area (Å²) in [6.07, 6.45) is 3.29. The van der Waals surface area contributed by atoms with Crippen LogP contribution in [0.4, 0.5) is 5.82 Å². The third kappa shape index (κ3) is 2.42. The van der Waals surface area contributed by atoms with Gasteiger partial charge in [0.1, 0.15) is 0 Å². The maximum Gasteiger partial charge on any atom is 0.225 e. The Kier molecular flexibility index (Phi) is 3.47. The second kappa shape index (κ2) is 5.22. The molecule has 6 nitrogen and oxygen atoms in total. The molecular formula is C12H12N4O2. The van der Waals surface area contributed by atoms with E-state index < -0.39 is 0 Å². The summed E-state index contributed by atoms with van der Waals surface area (Å²) in [5.41, 5.74) is 0.741. The van der Waals surface area contributed by atoms with Crippen LogP contribution in [0.2, 0.25) is 0 Å². The molecule has 2 aromatic rings. The summed E-state index contributed by atoms with van der Waals surface area (Å²) in [4.78, 5) is 11.4. The molecule has 1 heterocycles. The maximum atomic E-state index is 11.4. The molecular weight excluding hydrogens is 232 g/mol. The number of aromatic nitrogens is 2. The molecule has 0 unspecified atom stereocenters. The number of rotatable bonds is 3. The van der Waals surface area contributed by atoms with Crippen LogP contribution in [-0.2, 0) is 4.79 Å². The number of carbonyl (C=O) groups is 1. The molecule has 18 heavy (non-hydrogen) atoms. The highest BCUT2D eigenvalue weighted by atomic mass is 16.4. The van der Waals surface area contributed by atoms with E-state index in [1.807, 2.05) is 0 Å². The zero-order chi connectivity index (χ0) is 13.0. The molecule has 1 aromatic carbocycles. The molecule has 92 valence electrons. The molecule has 1 amide bonds. The van der Waals surface area contributed by atoms with Crippen LogP contribution >= 0.6 is 0 Å². The molecule has 6 heteroatoms. The van der Waals surface area contributed by atoms with E-state index in [1.54, 1.807) is 31.3 Å². The molecule has 0 aliphatic rings. The predicted molar refractivity (Wildman–Crippen MR) is 67.8 cm³/mol. The Balaban J connectivity index is 2.47. The second-order valence-electron chi connectivity index (χ2n) is 3.69. The zero-order valence-corrected chi connectivity index (χ0v) is 9.79. The van der Waals surface area contributed by atoms with E-state index in [4.69, 9.17) is 5.21 Å². The number of anilines is 1. The molecule has 0 bridgehead atoms. The average Bonchev–Trinajstić information content (AvgIpc) is 2.39. The van der Waals surface area contributed by atoms with Gasteiger partial charge in [0, 0.05) is 17.2 Å². The summed E-state index contributed by atoms with van der Waals surface area (Å²) in [5, 5.41) is 23.5. The fourth-order valence-corrected chi connectivity index (χ4v) is 1.57. The predicted octanol–water partition coefficient (Wildman–Crippen LogP) is 1.79. The smallest absolute Gasteiger partial charge is 0.225 e. The van der Waals surface area contributed by atoms with Crippen molar-refractivity contribution < 1.29 is 10.0 Å². The minimum atomic E-state index is -0.113. The van der Waals surface area contributed by atoms with E-state index in [0.717, 1.165) is 16.3 Å². The van der Waals surface area contributed by atoms with Crippen LogP contribution in [-0.4, -0.2) is 27.5 Å². The van der Waals surface area contributed by atoms with Crippen LogP contribution in [0.1, 0.15) is 18.9 Å². The van der Waals surface area contributed by atoms with E-state index in [0.29, 0.717) is 12.2 Å². The van der Waals surface area contributed by atoms with Crippen molar-refractivity contribution in [2.45, 2.75) is 13.3 Å². The van der Waals surface area contributed by atoms with Gasteiger partial charge in [0.05, 0.1) is 12.4 Å². The Morgan fingerprint density at radius 1 is 1.56 bits per heavy atom. The van der Waals surface area contributed by atoms with Crippen molar-refractivity contribution in [1.29, 1.82) is 0 Å². The molecule has 0 atom stereocenters. The first-order chi connectivity index (χ1) is 8.74. The van der Waals surface area contributed by atoms with Gasteiger partial charge in [-0.3, -0.25) is 4.79 Å². The van der Waals surface area contributed by atoms with Crippen molar-refractivity contribution in [3.05, 3.63) is 30.0 Å². The van der Waals surface area contributed by atoms with Gasteiger partial charge in [-0.15, -0.1) is 5.10 Å². The first kappa shape index (κ1) is 12.0. The standard InChI is InChI=1S/C12H12N4O2/c1-2-11(17)15-12-10-4-3-8(6-14-18)5-9(10)7-13-16-12/h3-7,18H,2H2,1H3,(H,15,16,17)/b14-6+. The number of hydrogen-bond acceptors (Lipinski definition) is 5. The van der Waals surface area contributed by atoms with Crippen molar-refractivity contribution in [3.63, 3.8) is 0 Å². The molecule has 1 aromatic heterocycles. The third-order valence-electron chi connectivity index (χ3n) is 2.47. The highest BCUT2D eigenvalue weighted by Gasteiger charge is 2.06. The van der Waals surface area contributed by atoms with Crippen molar-refractivity contribution in [3.8, 4) is 0 Å². The lowest BCUT2D eigenvalue weighted by molar-refractivity contribution is -0.115. The van der Waals surface area contributed by atoms with Gasteiger partial charge in [0.2, 0.25) is 5.91 Å². The molecule has 2 N–H and O–H groups in total. The number of nitrogens with one attached hydrogen (secondary N) is 1. The maximum absolute atomic E-state index is 11.4. The van der Waals surface area contributed by atoms with Crippen molar-refractivity contribution >= 4 is 28.7 Å². The number of amides is 1. The summed E-state index contributed by atoms with van der Waals surface area (Å²) >= 11 is 0. The van der Waals surface area contributed by atoms with Crippen LogP contribution in [0.25, 0.3) is 10.8 Å². The SMILES string of the molecule is CCC(=O)Nc1nncc2cc(/C=N/O)ccc12. The highest BCUT2D eigenvalue weighted by Crippen LogP contribution is 2.20. The summed E-state index contributed by atoms with van der Waals surface area (Å²) in [5.74, 6) is 0.324. The molecule has 0 fully saturated rings. The summed E-state index contributed by atoms with van der Waals surface area (Å²) in [6, 6.07) is 5.36. The fourth-order valence-electron chi connectivity index (χ4n) is 1.57. The fraction of sp³-hybridized carbons (Fsp3) is 0.167. The quantitative estimate of drug-likeness (QED) is 0.489. The van der Waals surface area contributed by atoms with Crippen LogP contribution in [0.3, 0.4) is 0 Å². The number of hydrogen-bond donors (Lipinski definition) is 2. The van der Waals surface area contributed by atoms with Gasteiger partial charge < -0.3 is 10.5 Å². The zero-order valence-electron chi connectivity index (χ0n) is 9.79. The number of benzene rings is 1. The van der Waals surface area contributed by atoms with E-state index in [9.17, 15) is 4.79 Å². The van der Waals surface area contributed by atoms with E-state index in [2.05, 4.69) is 20.7 Å². The summed E-state index contributed by atoms with van der Waals surface area (Å²) < 4.78 is 0. The molecule has 0 saturated heterocycles. The molecule has 2 rings (SSSR count). The Morgan fingerprint density at radius 2 is 2.39 bits per heavy atom. The molecule has 0 saturated carbocycles. The van der Waals surface area contributed by atoms with Crippen LogP contribution in [0.15, 0.2) is 29.6 Å². The lowest BCUT2D eigenvalue weighted by atomic mass is 10.1. The topological polar surface area (TPSA) is 87.5 Å². The lowest BCUT2D eigenvalue weighted by Gasteiger charge is -2.06. The minimum Gasteiger partial charge on any atom is -0.411 e. The minimum absolute atomic E-state index is 0.113. The third-order valence-corrected chi connectivity index (χ3v) is 2.47. The first-order valence-electron chi connectivity index (χ1n) is 5.47. The van der Waals surface area contributed by atoms with E-state index >= 15 is 0 Å². The molecule has 0 aliphatic carbocycles. The molecule has 0 aliphatic heterocycles. The molecule has 0 spiro atoms. The van der Waals surface area contributed by atoms with Gasteiger partial charge in [-0.1, -0.05) is 18.1 Å². The van der Waals surface area contributed by atoms with Crippen molar-refractivity contribution in [2.24, 2.45) is 5.16 Å². The normalized spacial score (nSPS) is 10.9. The second-order valence-corrected chi connectivity index (χ2v) is 3.69. The number of fused-ring (bicyclic) bond motifs is 1. The van der Waals surface area contributed by atoms with E-state index in [1.165, 1.54) is 6.21 Å². The van der Waals surface area contributed by atoms with Gasteiger partial charge in [-0.25, -0.2) is 0 Å². The number of nitrogens with zero attached hydrogens (tertiary/aromatic N) is 3. The van der Waals surface area contributed by atoms with Gasteiger partial charge in [-0.05, 0) is 17.7 Å². The number of carbonyl (C=O) groups excluding carboxylic acids is 1. The van der Waals surface area contributed by atoms with Crippen molar-refractivity contribution in [2.75, 3.05) is 5.32 Å². The largest absolute Gasteiger partial charge is 0.411 e. The Hall–Kier alpha value is -2.50. The Bertz CT molecular complexity index is 610. The average molecular weight is 244 g/mol. The molecule has 0 radical (unpaired) electrons. The van der Waals surface area contributed by atoms with Crippen molar-refractivity contribution in [1.82, 2.24) is 10.2 Å². The van der Waals surface area contributed by atoms with Gasteiger partial charge in [0.15, 0.2) is 5.82 Å². The lowest BCUT2D eigenvalue weighted by Crippen LogP contribution is -2.11. The van der Waals surface area contributed by atoms with E-state index in [-0.39, 0.29) is 5.91 Å². The summed E-state index contributed by atoms with van der Waals surface area (Å²) in [6.45, 7) is 1.77. The van der Waals surface area contributed by atoms with Crippen LogP contribution in [0.5, 0.6) is 0 Å². The van der Waals surface area contributed by atoms with Gasteiger partial charge >= 0.3 is 0 Å². The highest BCUT2D eigenvalue weighted by molar-refractivity contribution is 6.01. The van der Waals surface area contributed by atoms with Crippen LogP contribution < -0.4 is 5.32 Å². The van der Waals surface area contributed by atoms with Gasteiger partial charge in [0.25, 0.3) is 0 Å². The summed E-state index contributed by atoms with van der Waals surface area (Å²) in [7, 11) is 0. The Morgan fingerprint density at radius 3 is 3.11 bits per heavy atom. The Labute approximate surface area is 103 Å². The monoisotopic (exact) mass is 244 g/mol. The first-order valence-corrected chi connectivity index (χ1v) is 5.47.